The van der Waals surface area contributed by atoms with Crippen LogP contribution in [0, 0.1) is 6.92 Å². The minimum Gasteiger partial charge on any atom is -0.506 e. The molecular weight excluding hydrogens is 324 g/mol. The first-order valence-electron chi connectivity index (χ1n) is 8.64. The Bertz CT molecular complexity index is 966. The molecule has 0 saturated carbocycles. The highest BCUT2D eigenvalue weighted by molar-refractivity contribution is 6.39. The van der Waals surface area contributed by atoms with Crippen LogP contribution in [0.5, 0.6) is 0 Å². The van der Waals surface area contributed by atoms with Crippen molar-refractivity contribution < 1.29 is 14.5 Å². The van der Waals surface area contributed by atoms with Gasteiger partial charge >= 0.3 is 0 Å². The van der Waals surface area contributed by atoms with E-state index in [0.29, 0.717) is 11.1 Å². The largest absolute Gasteiger partial charge is 0.506 e. The van der Waals surface area contributed by atoms with E-state index in [4.69, 9.17) is 0 Å². The van der Waals surface area contributed by atoms with E-state index in [2.05, 4.69) is 0 Å². The second-order valence-electron chi connectivity index (χ2n) is 7.22. The van der Waals surface area contributed by atoms with E-state index in [1.165, 1.54) is 0 Å². The first-order valence-corrected chi connectivity index (χ1v) is 8.64. The molecule has 1 aromatic carbocycles. The highest BCUT2D eigenvalue weighted by Crippen LogP contribution is 2.41. The molecule has 0 fully saturated rings. The molecule has 134 valence electrons. The molecule has 2 aliphatic rings. The highest BCUT2D eigenvalue weighted by Gasteiger charge is 2.38. The first-order chi connectivity index (χ1) is 12.2. The van der Waals surface area contributed by atoms with Crippen LogP contribution in [-0.4, -0.2) is 49.4 Å². The molecule has 0 unspecified atom stereocenters. The molecule has 0 atom stereocenters. The van der Waals surface area contributed by atoms with Crippen LogP contribution in [0.3, 0.4) is 0 Å². The summed E-state index contributed by atoms with van der Waals surface area (Å²) in [5, 5.41) is 10.7. The van der Waals surface area contributed by atoms with Crippen LogP contribution in [0.25, 0.3) is 5.57 Å². The number of anilines is 1. The number of aliphatic hydroxyl groups excluding tert-OH is 1. The third kappa shape index (κ3) is 2.81. The highest BCUT2D eigenvalue weighted by atomic mass is 16.3. The van der Waals surface area contributed by atoms with Crippen molar-refractivity contribution in [1.29, 1.82) is 0 Å². The zero-order valence-corrected chi connectivity index (χ0v) is 16.2. The molecule has 0 amide bonds. The topological polar surface area (TPSA) is 43.5 Å². The van der Waals surface area contributed by atoms with E-state index in [1.807, 2.05) is 87.9 Å². The molecule has 0 radical (unpaired) electrons. The van der Waals surface area contributed by atoms with Crippen LogP contribution < -0.4 is 4.90 Å². The number of hydrogen-bond donors (Lipinski definition) is 1. The molecule has 3 rings (SSSR count). The van der Waals surface area contributed by atoms with Gasteiger partial charge in [0.2, 0.25) is 5.78 Å². The van der Waals surface area contributed by atoms with Crippen molar-refractivity contribution in [1.82, 2.24) is 0 Å². The maximum Gasteiger partial charge on any atom is 0.201 e. The van der Waals surface area contributed by atoms with Gasteiger partial charge in [0.1, 0.15) is 19.9 Å². The van der Waals surface area contributed by atoms with Crippen molar-refractivity contribution in [3.8, 4) is 0 Å². The van der Waals surface area contributed by atoms with Crippen molar-refractivity contribution >= 4 is 22.8 Å². The van der Waals surface area contributed by atoms with Gasteiger partial charge in [-0.15, -0.1) is 0 Å². The fraction of sp³-hybridized carbons (Fsp3) is 0.273. The molecule has 2 aliphatic carbocycles. The number of ketones is 1. The molecule has 0 spiro atoms. The smallest absolute Gasteiger partial charge is 0.201 e. The molecule has 0 heterocycles. The molecule has 26 heavy (non-hydrogen) atoms. The van der Waals surface area contributed by atoms with Crippen molar-refractivity contribution in [3.05, 3.63) is 70.0 Å². The minimum absolute atomic E-state index is 0.0936. The molecule has 1 N–H and O–H groups in total. The Balaban J connectivity index is 2.06. The number of carbonyl (C=O) groups excluding carboxylic acids is 1. The molecular formula is C22H25N2O2+. The van der Waals surface area contributed by atoms with Crippen LogP contribution in [0.15, 0.2) is 58.9 Å². The van der Waals surface area contributed by atoms with E-state index in [0.717, 1.165) is 33.7 Å². The van der Waals surface area contributed by atoms with Crippen LogP contribution >= 0.6 is 0 Å². The average Bonchev–Trinajstić information content (AvgIpc) is 2.58. The third-order valence-electron chi connectivity index (χ3n) is 4.92. The quantitative estimate of drug-likeness (QED) is 0.657. The van der Waals surface area contributed by atoms with Crippen LogP contribution in [-0.2, 0) is 4.79 Å². The lowest BCUT2D eigenvalue weighted by Crippen LogP contribution is -2.24. The zero-order chi connectivity index (χ0) is 19.2. The molecule has 0 saturated heterocycles. The molecule has 4 heteroatoms. The molecule has 0 aliphatic heterocycles. The van der Waals surface area contributed by atoms with Gasteiger partial charge in [-0.05, 0) is 54.3 Å². The van der Waals surface area contributed by atoms with Crippen molar-refractivity contribution in [2.24, 2.45) is 0 Å². The number of hydrogen-bond acceptors (Lipinski definition) is 3. The van der Waals surface area contributed by atoms with Gasteiger partial charge in [0.15, 0.2) is 5.71 Å². The monoisotopic (exact) mass is 349 g/mol. The summed E-state index contributed by atoms with van der Waals surface area (Å²) in [5.74, 6) is 0.000289. The summed E-state index contributed by atoms with van der Waals surface area (Å²) in [4.78, 5) is 14.9. The maximum absolute atomic E-state index is 12.8. The van der Waals surface area contributed by atoms with Crippen molar-refractivity contribution in [2.45, 2.75) is 13.8 Å². The van der Waals surface area contributed by atoms with Gasteiger partial charge < -0.3 is 10.0 Å². The SMILES string of the molecule is CC1=CC(=[N+](C)C)C=CC1=C1C(=O)C(c2ccc(N(C)C)cc2C)=C1O. The van der Waals surface area contributed by atoms with Gasteiger partial charge in [-0.1, -0.05) is 6.07 Å². The Morgan fingerprint density at radius 2 is 1.73 bits per heavy atom. The Labute approximate surface area is 154 Å². The predicted molar refractivity (Wildman–Crippen MR) is 107 cm³/mol. The van der Waals surface area contributed by atoms with Crippen LogP contribution in [0.4, 0.5) is 5.69 Å². The van der Waals surface area contributed by atoms with E-state index in [9.17, 15) is 9.90 Å². The summed E-state index contributed by atoms with van der Waals surface area (Å²) >= 11 is 0. The second kappa shape index (κ2) is 6.45. The number of allylic oxidation sites excluding steroid dienone is 7. The van der Waals surface area contributed by atoms with Gasteiger partial charge in [-0.3, -0.25) is 4.79 Å². The number of aliphatic hydroxyl groups is 1. The summed E-state index contributed by atoms with van der Waals surface area (Å²) in [5.41, 5.74) is 6.51. The lowest BCUT2D eigenvalue weighted by molar-refractivity contribution is -0.462. The lowest BCUT2D eigenvalue weighted by Gasteiger charge is -2.26. The Morgan fingerprint density at radius 1 is 1.04 bits per heavy atom. The molecule has 0 bridgehead atoms. The van der Waals surface area contributed by atoms with Gasteiger partial charge in [0.05, 0.1) is 11.1 Å². The Kier molecular flexibility index (Phi) is 4.45. The lowest BCUT2D eigenvalue weighted by atomic mass is 9.77. The normalized spacial score (nSPS) is 19.5. The third-order valence-corrected chi connectivity index (χ3v) is 4.92. The molecule has 1 aromatic rings. The predicted octanol–water partition coefficient (Wildman–Crippen LogP) is 3.44. The van der Waals surface area contributed by atoms with Gasteiger partial charge in [0.25, 0.3) is 0 Å². The standard InChI is InChI=1S/C22H24N2O2/c1-13-11-15(23(3)4)7-9-17(13)19-21(25)20(22(19)26)18-10-8-16(24(5)6)12-14(18)2/h7-12H,1-6H3/p+1. The number of rotatable bonds is 2. The van der Waals surface area contributed by atoms with Crippen molar-refractivity contribution in [2.75, 3.05) is 33.1 Å². The van der Waals surface area contributed by atoms with E-state index in [-0.39, 0.29) is 11.5 Å². The fourth-order valence-corrected chi connectivity index (χ4v) is 3.32. The number of Topliss-reactive ketones (excluding diaryl/α,β-unsaturated/α-hetero) is 1. The minimum atomic E-state index is -0.0936. The molecule has 4 nitrogen and oxygen atoms in total. The van der Waals surface area contributed by atoms with E-state index < -0.39 is 0 Å². The molecule has 0 aromatic heterocycles. The summed E-state index contributed by atoms with van der Waals surface area (Å²) < 4.78 is 2.01. The Morgan fingerprint density at radius 3 is 2.23 bits per heavy atom. The Hall–Kier alpha value is -2.88. The van der Waals surface area contributed by atoms with Crippen molar-refractivity contribution in [3.63, 3.8) is 0 Å². The maximum atomic E-state index is 12.8. The number of benzene rings is 1. The van der Waals surface area contributed by atoms with Gasteiger partial charge in [-0.2, -0.15) is 0 Å². The number of aryl methyl sites for hydroxylation is 1. The fourth-order valence-electron chi connectivity index (χ4n) is 3.32. The zero-order valence-electron chi connectivity index (χ0n) is 16.2. The summed E-state index contributed by atoms with van der Waals surface area (Å²) in [7, 11) is 7.91. The van der Waals surface area contributed by atoms with Gasteiger partial charge in [-0.25, -0.2) is 4.58 Å². The van der Waals surface area contributed by atoms with Crippen LogP contribution in [0.1, 0.15) is 18.1 Å². The summed E-state index contributed by atoms with van der Waals surface area (Å²) in [6, 6.07) is 5.90. The van der Waals surface area contributed by atoms with E-state index in [1.54, 1.807) is 0 Å². The summed E-state index contributed by atoms with van der Waals surface area (Å²) in [6.45, 7) is 3.93. The number of nitrogens with zero attached hydrogens (tertiary/aromatic N) is 2. The van der Waals surface area contributed by atoms with Crippen LogP contribution in [0.2, 0.25) is 0 Å². The van der Waals surface area contributed by atoms with Gasteiger partial charge in [0, 0.05) is 31.9 Å². The number of carbonyl (C=O) groups is 1. The summed E-state index contributed by atoms with van der Waals surface area (Å²) in [6.07, 6.45) is 5.90. The average molecular weight is 349 g/mol. The van der Waals surface area contributed by atoms with E-state index >= 15 is 0 Å². The second-order valence-corrected chi connectivity index (χ2v) is 7.22. The first kappa shape index (κ1) is 17.9.